The third-order valence-corrected chi connectivity index (χ3v) is 8.05. The monoisotopic (exact) mass is 521 g/mol. The van der Waals surface area contributed by atoms with E-state index in [-0.39, 0.29) is 10.8 Å². The highest BCUT2D eigenvalue weighted by atomic mass is 19.4. The van der Waals surface area contributed by atoms with Crippen LogP contribution in [0.5, 0.6) is 0 Å². The van der Waals surface area contributed by atoms with E-state index >= 15 is 0 Å². The van der Waals surface area contributed by atoms with Gasteiger partial charge in [0.15, 0.2) is 0 Å². The summed E-state index contributed by atoms with van der Waals surface area (Å²) in [4.78, 5) is 4.94. The number of fused-ring (bicyclic) bond motifs is 4. The molecule has 1 heterocycles. The molecule has 4 aromatic carbocycles. The van der Waals surface area contributed by atoms with Crippen molar-refractivity contribution in [2.75, 3.05) is 0 Å². The van der Waals surface area contributed by atoms with E-state index in [4.69, 9.17) is 4.98 Å². The summed E-state index contributed by atoms with van der Waals surface area (Å²) >= 11 is 0. The van der Waals surface area contributed by atoms with Crippen LogP contribution in [0.25, 0.3) is 44.3 Å². The van der Waals surface area contributed by atoms with Crippen LogP contribution in [-0.4, -0.2) is 4.98 Å². The lowest BCUT2D eigenvalue weighted by molar-refractivity contribution is -0.137. The molecule has 0 spiro atoms. The predicted octanol–water partition coefficient (Wildman–Crippen LogP) is 10.2. The molecule has 0 aliphatic heterocycles. The van der Waals surface area contributed by atoms with Crippen molar-refractivity contribution in [2.24, 2.45) is 0 Å². The number of benzene rings is 4. The number of hydrogen-bond donors (Lipinski definition) is 0. The molecule has 1 nitrogen and oxygen atoms in total. The Morgan fingerprint density at radius 2 is 1.38 bits per heavy atom. The molecule has 0 unspecified atom stereocenters. The first-order valence-corrected chi connectivity index (χ1v) is 13.2. The van der Waals surface area contributed by atoms with E-state index in [2.05, 4.69) is 89.2 Å². The molecular weight excluding hydrogens is 491 g/mol. The molecule has 1 aromatic heterocycles. The Kier molecular flexibility index (Phi) is 5.55. The molecule has 0 amide bonds. The van der Waals surface area contributed by atoms with Gasteiger partial charge in [-0.25, -0.2) is 0 Å². The highest BCUT2D eigenvalue weighted by molar-refractivity contribution is 5.94. The van der Waals surface area contributed by atoms with Crippen molar-refractivity contribution < 1.29 is 13.2 Å². The fraction of sp³-hybridized carbons (Fsp3) is 0.229. The van der Waals surface area contributed by atoms with Crippen LogP contribution in [0.15, 0.2) is 91.1 Å². The van der Waals surface area contributed by atoms with Crippen LogP contribution in [-0.2, 0) is 17.0 Å². The first-order valence-electron chi connectivity index (χ1n) is 13.2. The quantitative estimate of drug-likeness (QED) is 0.225. The lowest BCUT2D eigenvalue weighted by Gasteiger charge is -2.26. The van der Waals surface area contributed by atoms with Gasteiger partial charge in [-0.3, -0.25) is 4.98 Å². The Labute approximate surface area is 227 Å². The van der Waals surface area contributed by atoms with Gasteiger partial charge in [0, 0.05) is 17.2 Å². The van der Waals surface area contributed by atoms with Crippen molar-refractivity contribution in [3.63, 3.8) is 0 Å². The second kappa shape index (κ2) is 8.54. The fourth-order valence-corrected chi connectivity index (χ4v) is 6.07. The van der Waals surface area contributed by atoms with E-state index in [0.29, 0.717) is 0 Å². The molecule has 0 radical (unpaired) electrons. The largest absolute Gasteiger partial charge is 0.416 e. The average molecular weight is 522 g/mol. The summed E-state index contributed by atoms with van der Waals surface area (Å²) in [7, 11) is 0. The van der Waals surface area contributed by atoms with Gasteiger partial charge in [0.25, 0.3) is 0 Å². The molecule has 0 bridgehead atoms. The summed E-state index contributed by atoms with van der Waals surface area (Å²) in [5, 5.41) is 2.45. The number of aromatic nitrogens is 1. The molecule has 196 valence electrons. The number of pyridine rings is 1. The maximum atomic E-state index is 13.1. The fourth-order valence-electron chi connectivity index (χ4n) is 6.07. The van der Waals surface area contributed by atoms with Gasteiger partial charge in [0.2, 0.25) is 0 Å². The van der Waals surface area contributed by atoms with Crippen LogP contribution in [0.2, 0.25) is 0 Å². The maximum absolute atomic E-state index is 13.1. The van der Waals surface area contributed by atoms with Crippen LogP contribution in [0.1, 0.15) is 56.9 Å². The smallest absolute Gasteiger partial charge is 0.256 e. The van der Waals surface area contributed by atoms with Crippen LogP contribution >= 0.6 is 0 Å². The number of hydrogen-bond acceptors (Lipinski definition) is 1. The normalized spacial score (nSPS) is 14.4. The number of halogens is 3. The Morgan fingerprint density at radius 3 is 2.08 bits per heavy atom. The molecule has 1 aliphatic carbocycles. The van der Waals surface area contributed by atoms with E-state index in [0.717, 1.165) is 51.2 Å². The lowest BCUT2D eigenvalue weighted by atomic mass is 9.78. The van der Waals surface area contributed by atoms with E-state index in [9.17, 15) is 13.2 Å². The topological polar surface area (TPSA) is 12.9 Å². The first-order chi connectivity index (χ1) is 18.4. The van der Waals surface area contributed by atoms with Crippen LogP contribution < -0.4 is 0 Å². The molecule has 5 aromatic rings. The summed E-state index contributed by atoms with van der Waals surface area (Å²) < 4.78 is 39.3. The minimum Gasteiger partial charge on any atom is -0.256 e. The van der Waals surface area contributed by atoms with E-state index < -0.39 is 11.7 Å². The minimum absolute atomic E-state index is 0.0391. The van der Waals surface area contributed by atoms with Gasteiger partial charge < -0.3 is 0 Å². The molecule has 39 heavy (non-hydrogen) atoms. The highest BCUT2D eigenvalue weighted by Crippen LogP contribution is 2.52. The Morgan fingerprint density at radius 1 is 0.692 bits per heavy atom. The lowest BCUT2D eigenvalue weighted by Crippen LogP contribution is -2.17. The molecule has 4 heteroatoms. The van der Waals surface area contributed by atoms with Gasteiger partial charge in [0.1, 0.15) is 0 Å². The summed E-state index contributed by atoms with van der Waals surface area (Å²) in [5.41, 5.74) is 8.64. The van der Waals surface area contributed by atoms with Crippen molar-refractivity contribution in [3.05, 3.63) is 113 Å². The van der Waals surface area contributed by atoms with Gasteiger partial charge in [-0.2, -0.15) is 13.2 Å². The van der Waals surface area contributed by atoms with E-state index in [1.807, 2.05) is 12.3 Å². The van der Waals surface area contributed by atoms with Crippen LogP contribution in [0, 0.1) is 0 Å². The summed E-state index contributed by atoms with van der Waals surface area (Å²) in [5.74, 6) is 0. The molecule has 0 saturated carbocycles. The molecular formula is C35H30F3N. The van der Waals surface area contributed by atoms with Gasteiger partial charge in [-0.05, 0) is 91.5 Å². The van der Waals surface area contributed by atoms with Crippen molar-refractivity contribution in [3.8, 4) is 33.5 Å². The second-order valence-electron chi connectivity index (χ2n) is 12.0. The molecule has 0 fully saturated rings. The number of rotatable bonds is 2. The zero-order chi connectivity index (χ0) is 27.7. The third kappa shape index (κ3) is 4.14. The van der Waals surface area contributed by atoms with Gasteiger partial charge in [0.05, 0.1) is 11.3 Å². The van der Waals surface area contributed by atoms with Crippen LogP contribution in [0.4, 0.5) is 13.2 Å². The predicted molar refractivity (Wildman–Crippen MR) is 154 cm³/mol. The molecule has 0 atom stereocenters. The minimum atomic E-state index is -4.35. The van der Waals surface area contributed by atoms with Gasteiger partial charge >= 0.3 is 6.18 Å². The standard InChI is InChI=1S/C35H30F3N/c1-33(2,3)29-20-24(18-23-8-6-7-9-26(23)29)32-31-28(16-17-39-32)27-15-12-22(19-30(27)34(31,4)5)21-10-13-25(14-11-21)35(36,37)38/h6-20H,1-5H3. The molecule has 6 rings (SSSR count). The molecule has 0 N–H and O–H groups in total. The third-order valence-electron chi connectivity index (χ3n) is 8.05. The van der Waals surface area contributed by atoms with Crippen molar-refractivity contribution in [2.45, 2.75) is 51.6 Å². The van der Waals surface area contributed by atoms with Crippen molar-refractivity contribution >= 4 is 10.8 Å². The van der Waals surface area contributed by atoms with E-state index in [1.165, 1.54) is 21.9 Å². The maximum Gasteiger partial charge on any atom is 0.416 e. The molecule has 0 saturated heterocycles. The van der Waals surface area contributed by atoms with Crippen molar-refractivity contribution in [1.29, 1.82) is 0 Å². The van der Waals surface area contributed by atoms with Crippen molar-refractivity contribution in [1.82, 2.24) is 4.98 Å². The number of alkyl halides is 3. The summed E-state index contributed by atoms with van der Waals surface area (Å²) in [6.45, 7) is 11.1. The second-order valence-corrected chi connectivity index (χ2v) is 12.0. The van der Waals surface area contributed by atoms with E-state index in [1.54, 1.807) is 12.1 Å². The van der Waals surface area contributed by atoms with Crippen LogP contribution in [0.3, 0.4) is 0 Å². The highest BCUT2D eigenvalue weighted by Gasteiger charge is 2.39. The zero-order valence-corrected chi connectivity index (χ0v) is 22.7. The van der Waals surface area contributed by atoms with Gasteiger partial charge in [-0.15, -0.1) is 0 Å². The summed E-state index contributed by atoms with van der Waals surface area (Å²) in [6.07, 6.45) is -2.46. The zero-order valence-electron chi connectivity index (χ0n) is 22.7. The Balaban J connectivity index is 1.50. The Bertz CT molecular complexity index is 1740. The SMILES string of the molecule is CC(C)(C)c1cc(-c2nccc3c2C(C)(C)c2cc(-c4ccc(C(F)(F)F)cc4)ccc2-3)cc2ccccc12. The Hall–Kier alpha value is -3.92. The molecule has 1 aliphatic rings. The first kappa shape index (κ1) is 25.4. The number of nitrogens with zero attached hydrogens (tertiary/aromatic N) is 1. The van der Waals surface area contributed by atoms with Gasteiger partial charge in [-0.1, -0.05) is 83.1 Å². The summed E-state index contributed by atoms with van der Waals surface area (Å²) in [6, 6.07) is 26.7. The average Bonchev–Trinajstić information content (AvgIpc) is 3.13.